The third-order valence-corrected chi connectivity index (χ3v) is 5.01. The highest BCUT2D eigenvalue weighted by Gasteiger charge is 2.20. The molecule has 122 valence electrons. The Morgan fingerprint density at radius 2 is 1.32 bits per heavy atom. The number of rotatable bonds is 6. The lowest BCUT2D eigenvalue weighted by molar-refractivity contribution is 0.0695. The van der Waals surface area contributed by atoms with Crippen LogP contribution in [0.15, 0.2) is 30.3 Å². The molecule has 0 radical (unpaired) electrons. The van der Waals surface area contributed by atoms with Crippen LogP contribution in [-0.2, 0) is 0 Å². The normalized spacial score (nSPS) is 23.0. The highest BCUT2D eigenvalue weighted by molar-refractivity contribution is 5.17. The topological polar surface area (TPSA) is 30.0 Å². The van der Waals surface area contributed by atoms with Crippen LogP contribution in [0.3, 0.4) is 0 Å². The van der Waals surface area contributed by atoms with Crippen molar-refractivity contribution in [3.8, 4) is 0 Å². The van der Waals surface area contributed by atoms with E-state index in [-0.39, 0.29) is 6.10 Å². The highest BCUT2D eigenvalue weighted by atomic mass is 16.3. The van der Waals surface area contributed by atoms with Crippen molar-refractivity contribution in [2.75, 3.05) is 58.9 Å². The molecule has 22 heavy (non-hydrogen) atoms. The van der Waals surface area contributed by atoms with Gasteiger partial charge in [-0.2, -0.15) is 0 Å². The number of hydrogen-bond acceptors (Lipinski definition) is 4. The molecule has 1 aromatic rings. The zero-order valence-electron chi connectivity index (χ0n) is 13.5. The molecule has 1 unspecified atom stereocenters. The second kappa shape index (κ2) is 8.06. The molecule has 4 nitrogen and oxygen atoms in total. The number of aliphatic hydroxyl groups excluding tert-OH is 1. The molecule has 2 heterocycles. The molecule has 0 aliphatic carbocycles. The molecule has 0 aromatic heterocycles. The van der Waals surface area contributed by atoms with E-state index >= 15 is 0 Å². The average molecular weight is 303 g/mol. The minimum atomic E-state index is -0.364. The van der Waals surface area contributed by atoms with Gasteiger partial charge in [0.15, 0.2) is 0 Å². The van der Waals surface area contributed by atoms with E-state index in [4.69, 9.17) is 0 Å². The molecule has 2 aliphatic heterocycles. The fraction of sp³-hybridized carbons (Fsp3) is 0.667. The number of hydrogen-bond donors (Lipinski definition) is 1. The lowest BCUT2D eigenvalue weighted by Crippen LogP contribution is -2.49. The standard InChI is InChI=1S/C18H29N3O/c22-18(17-6-2-1-3-7-17)16-21-14-12-20(13-15-21)11-10-19-8-4-5-9-19/h1-3,6-7,18,22H,4-5,8-16H2. The first kappa shape index (κ1) is 15.9. The van der Waals surface area contributed by atoms with Crippen LogP contribution in [0, 0.1) is 0 Å². The predicted octanol–water partition coefficient (Wildman–Crippen LogP) is 1.43. The summed E-state index contributed by atoms with van der Waals surface area (Å²) in [5.41, 5.74) is 1.03. The highest BCUT2D eigenvalue weighted by Crippen LogP contribution is 2.15. The number of aliphatic hydroxyl groups is 1. The van der Waals surface area contributed by atoms with E-state index in [1.807, 2.05) is 30.3 Å². The Morgan fingerprint density at radius 3 is 1.95 bits per heavy atom. The molecule has 2 fully saturated rings. The summed E-state index contributed by atoms with van der Waals surface area (Å²) in [4.78, 5) is 7.55. The van der Waals surface area contributed by atoms with Crippen molar-refractivity contribution < 1.29 is 5.11 Å². The van der Waals surface area contributed by atoms with E-state index in [0.717, 1.165) is 38.3 Å². The first-order valence-corrected chi connectivity index (χ1v) is 8.71. The molecule has 0 amide bonds. The van der Waals surface area contributed by atoms with E-state index in [9.17, 15) is 5.11 Å². The Bertz CT molecular complexity index is 425. The minimum absolute atomic E-state index is 0.364. The Labute approximate surface area is 134 Å². The molecule has 1 N–H and O–H groups in total. The van der Waals surface area contributed by atoms with Crippen molar-refractivity contribution in [1.82, 2.24) is 14.7 Å². The molecule has 2 saturated heterocycles. The van der Waals surface area contributed by atoms with Crippen LogP contribution in [0.25, 0.3) is 0 Å². The number of benzene rings is 1. The third kappa shape index (κ3) is 4.53. The number of nitrogens with zero attached hydrogens (tertiary/aromatic N) is 3. The fourth-order valence-electron chi connectivity index (χ4n) is 3.51. The summed E-state index contributed by atoms with van der Waals surface area (Å²) in [5, 5.41) is 10.3. The molecule has 1 atom stereocenters. The van der Waals surface area contributed by atoms with Crippen LogP contribution in [0.4, 0.5) is 0 Å². The van der Waals surface area contributed by atoms with Crippen molar-refractivity contribution in [2.45, 2.75) is 18.9 Å². The van der Waals surface area contributed by atoms with Gasteiger partial charge >= 0.3 is 0 Å². The summed E-state index contributed by atoms with van der Waals surface area (Å²) in [7, 11) is 0. The zero-order chi connectivity index (χ0) is 15.2. The molecule has 0 saturated carbocycles. The van der Waals surface area contributed by atoms with Gasteiger partial charge in [-0.1, -0.05) is 30.3 Å². The molecular weight excluding hydrogens is 274 g/mol. The van der Waals surface area contributed by atoms with Crippen molar-refractivity contribution in [1.29, 1.82) is 0 Å². The summed E-state index contributed by atoms with van der Waals surface area (Å²) < 4.78 is 0. The lowest BCUT2D eigenvalue weighted by Gasteiger charge is -2.36. The van der Waals surface area contributed by atoms with E-state index in [2.05, 4.69) is 14.7 Å². The zero-order valence-corrected chi connectivity index (χ0v) is 13.5. The van der Waals surface area contributed by atoms with E-state index in [1.165, 1.54) is 39.0 Å². The smallest absolute Gasteiger partial charge is 0.0916 e. The van der Waals surface area contributed by atoms with E-state index in [1.54, 1.807) is 0 Å². The number of likely N-dealkylation sites (tertiary alicyclic amines) is 1. The summed E-state index contributed by atoms with van der Waals surface area (Å²) in [6.07, 6.45) is 2.40. The van der Waals surface area contributed by atoms with Crippen LogP contribution >= 0.6 is 0 Å². The largest absolute Gasteiger partial charge is 0.387 e. The van der Waals surface area contributed by atoms with Crippen LogP contribution in [0.2, 0.25) is 0 Å². The monoisotopic (exact) mass is 303 g/mol. The van der Waals surface area contributed by atoms with Gasteiger partial charge in [0.1, 0.15) is 0 Å². The molecule has 2 aliphatic rings. The van der Waals surface area contributed by atoms with Crippen molar-refractivity contribution >= 4 is 0 Å². The predicted molar refractivity (Wildman–Crippen MR) is 90.0 cm³/mol. The van der Waals surface area contributed by atoms with Gasteiger partial charge < -0.3 is 10.0 Å². The van der Waals surface area contributed by atoms with Crippen molar-refractivity contribution in [3.63, 3.8) is 0 Å². The maximum Gasteiger partial charge on any atom is 0.0916 e. The minimum Gasteiger partial charge on any atom is -0.387 e. The Kier molecular flexibility index (Phi) is 5.84. The van der Waals surface area contributed by atoms with Crippen LogP contribution in [0.1, 0.15) is 24.5 Å². The van der Waals surface area contributed by atoms with Gasteiger partial charge in [0.25, 0.3) is 0 Å². The summed E-state index contributed by atoms with van der Waals surface area (Å²) in [6.45, 7) is 10.2. The Hall–Kier alpha value is -0.940. The van der Waals surface area contributed by atoms with Gasteiger partial charge in [0.2, 0.25) is 0 Å². The first-order valence-electron chi connectivity index (χ1n) is 8.71. The fourth-order valence-corrected chi connectivity index (χ4v) is 3.51. The summed E-state index contributed by atoms with van der Waals surface area (Å²) in [5.74, 6) is 0. The van der Waals surface area contributed by atoms with Crippen LogP contribution in [-0.4, -0.2) is 78.7 Å². The molecule has 4 heteroatoms. The van der Waals surface area contributed by atoms with Crippen molar-refractivity contribution in [3.05, 3.63) is 35.9 Å². The van der Waals surface area contributed by atoms with Crippen molar-refractivity contribution in [2.24, 2.45) is 0 Å². The van der Waals surface area contributed by atoms with E-state index < -0.39 is 0 Å². The van der Waals surface area contributed by atoms with Gasteiger partial charge in [-0.15, -0.1) is 0 Å². The van der Waals surface area contributed by atoms with Gasteiger partial charge in [0, 0.05) is 45.8 Å². The number of β-amino-alcohol motifs (C(OH)–C–C–N with tert-alkyl or cyclic N) is 1. The van der Waals surface area contributed by atoms with E-state index in [0.29, 0.717) is 0 Å². The maximum absolute atomic E-state index is 10.3. The molecule has 0 bridgehead atoms. The first-order chi connectivity index (χ1) is 10.8. The number of piperazine rings is 1. The second-order valence-corrected chi connectivity index (χ2v) is 6.62. The second-order valence-electron chi connectivity index (χ2n) is 6.62. The van der Waals surface area contributed by atoms with Crippen LogP contribution in [0.5, 0.6) is 0 Å². The lowest BCUT2D eigenvalue weighted by atomic mass is 10.1. The summed E-state index contributed by atoms with van der Waals surface area (Å²) in [6, 6.07) is 10.0. The maximum atomic E-state index is 10.3. The molecule has 3 rings (SSSR count). The summed E-state index contributed by atoms with van der Waals surface area (Å²) >= 11 is 0. The van der Waals surface area contributed by atoms with Gasteiger partial charge in [-0.25, -0.2) is 0 Å². The molecule has 1 aromatic carbocycles. The Morgan fingerprint density at radius 1 is 0.773 bits per heavy atom. The SMILES string of the molecule is OC(CN1CCN(CCN2CCCC2)CC1)c1ccccc1. The quantitative estimate of drug-likeness (QED) is 0.861. The third-order valence-electron chi connectivity index (χ3n) is 5.01. The van der Waals surface area contributed by atoms with Gasteiger partial charge in [0.05, 0.1) is 6.10 Å². The molecule has 0 spiro atoms. The van der Waals surface area contributed by atoms with Gasteiger partial charge in [-0.3, -0.25) is 9.80 Å². The molecular formula is C18H29N3O. The van der Waals surface area contributed by atoms with Crippen LogP contribution < -0.4 is 0 Å². The Balaban J connectivity index is 1.36. The average Bonchev–Trinajstić information content (AvgIpc) is 3.08. The van der Waals surface area contributed by atoms with Gasteiger partial charge in [-0.05, 0) is 31.5 Å².